The normalized spacial score (nSPS) is 20.2. The van der Waals surface area contributed by atoms with Gasteiger partial charge in [-0.05, 0) is 25.7 Å². The second kappa shape index (κ2) is 6.60. The standard InChI is InChI=1S/C16H21N5O2S/c1-2-21-13-5-6-20(16(22)12-9-24-10-17-12)14(15(13)18-19-21)8-23-7-11-3-4-11/h9-11,14H,2-8H2,1H3. The van der Waals surface area contributed by atoms with E-state index < -0.39 is 0 Å². The summed E-state index contributed by atoms with van der Waals surface area (Å²) in [7, 11) is 0. The first-order valence-electron chi connectivity index (χ1n) is 8.47. The van der Waals surface area contributed by atoms with E-state index in [0.717, 1.165) is 31.0 Å². The molecule has 24 heavy (non-hydrogen) atoms. The van der Waals surface area contributed by atoms with E-state index in [1.807, 2.05) is 9.58 Å². The van der Waals surface area contributed by atoms with Crippen LogP contribution in [0.25, 0.3) is 0 Å². The van der Waals surface area contributed by atoms with Gasteiger partial charge >= 0.3 is 0 Å². The largest absolute Gasteiger partial charge is 0.379 e. The summed E-state index contributed by atoms with van der Waals surface area (Å²) in [5.41, 5.74) is 4.19. The molecule has 2 aromatic rings. The van der Waals surface area contributed by atoms with Gasteiger partial charge in [0.05, 0.1) is 17.8 Å². The number of amides is 1. The molecule has 1 aliphatic carbocycles. The Hall–Kier alpha value is -1.80. The van der Waals surface area contributed by atoms with E-state index in [1.165, 1.54) is 24.2 Å². The Morgan fingerprint density at radius 3 is 3.00 bits per heavy atom. The van der Waals surface area contributed by atoms with E-state index in [-0.39, 0.29) is 11.9 Å². The molecule has 8 heteroatoms. The lowest BCUT2D eigenvalue weighted by Crippen LogP contribution is -2.42. The molecular formula is C16H21N5O2S. The van der Waals surface area contributed by atoms with E-state index in [9.17, 15) is 4.79 Å². The van der Waals surface area contributed by atoms with Crippen LogP contribution < -0.4 is 0 Å². The first-order chi connectivity index (χ1) is 11.8. The summed E-state index contributed by atoms with van der Waals surface area (Å²) >= 11 is 1.43. The number of nitrogens with zero attached hydrogens (tertiary/aromatic N) is 5. The van der Waals surface area contributed by atoms with Gasteiger partial charge in [-0.25, -0.2) is 9.67 Å². The van der Waals surface area contributed by atoms with Crippen LogP contribution in [0.4, 0.5) is 0 Å². The number of fused-ring (bicyclic) bond motifs is 1. The van der Waals surface area contributed by atoms with Crippen molar-refractivity contribution in [1.82, 2.24) is 24.9 Å². The van der Waals surface area contributed by atoms with Gasteiger partial charge in [0.2, 0.25) is 0 Å². The summed E-state index contributed by atoms with van der Waals surface area (Å²) in [6, 6.07) is -0.179. The highest BCUT2D eigenvalue weighted by molar-refractivity contribution is 7.07. The van der Waals surface area contributed by atoms with Crippen LogP contribution in [-0.4, -0.2) is 50.5 Å². The lowest BCUT2D eigenvalue weighted by atomic mass is 10.0. The molecule has 1 fully saturated rings. The van der Waals surface area contributed by atoms with Crippen LogP contribution in [0.2, 0.25) is 0 Å². The molecule has 1 atom stereocenters. The molecular weight excluding hydrogens is 326 g/mol. The highest BCUT2D eigenvalue weighted by atomic mass is 32.1. The van der Waals surface area contributed by atoms with Gasteiger partial charge in [-0.3, -0.25) is 4.79 Å². The van der Waals surface area contributed by atoms with Crippen LogP contribution in [0.5, 0.6) is 0 Å². The van der Waals surface area contributed by atoms with Gasteiger partial charge < -0.3 is 9.64 Å². The molecule has 2 aromatic heterocycles. The molecule has 0 aromatic carbocycles. The molecule has 7 nitrogen and oxygen atoms in total. The molecule has 1 amide bonds. The van der Waals surface area contributed by atoms with Crippen molar-refractivity contribution in [2.24, 2.45) is 5.92 Å². The molecule has 0 bridgehead atoms. The second-order valence-electron chi connectivity index (χ2n) is 6.36. The number of carbonyl (C=O) groups excluding carboxylic acids is 1. The minimum atomic E-state index is -0.179. The Balaban J connectivity index is 1.58. The third kappa shape index (κ3) is 2.95. The number of thiazole rings is 1. The minimum absolute atomic E-state index is 0.0482. The Kier molecular flexibility index (Phi) is 4.32. The Morgan fingerprint density at radius 1 is 1.42 bits per heavy atom. The van der Waals surface area contributed by atoms with Crippen molar-refractivity contribution in [1.29, 1.82) is 0 Å². The van der Waals surface area contributed by atoms with E-state index >= 15 is 0 Å². The summed E-state index contributed by atoms with van der Waals surface area (Å²) in [5.74, 6) is 0.648. The lowest BCUT2D eigenvalue weighted by molar-refractivity contribution is 0.0351. The maximum absolute atomic E-state index is 12.8. The maximum atomic E-state index is 12.8. The fraction of sp³-hybridized carbons (Fsp3) is 0.625. The molecule has 0 saturated heterocycles. The van der Waals surface area contributed by atoms with Crippen LogP contribution in [0.1, 0.15) is 47.7 Å². The molecule has 1 aliphatic heterocycles. The number of aromatic nitrogens is 4. The zero-order chi connectivity index (χ0) is 16.5. The van der Waals surface area contributed by atoms with Gasteiger partial charge in [-0.1, -0.05) is 5.21 Å². The summed E-state index contributed by atoms with van der Waals surface area (Å²) in [6.07, 6.45) is 3.28. The van der Waals surface area contributed by atoms with Crippen LogP contribution in [0.3, 0.4) is 0 Å². The van der Waals surface area contributed by atoms with E-state index in [4.69, 9.17) is 4.74 Å². The lowest BCUT2D eigenvalue weighted by Gasteiger charge is -2.34. The average Bonchev–Trinajstić information content (AvgIpc) is 3.11. The Labute approximate surface area is 144 Å². The van der Waals surface area contributed by atoms with E-state index in [2.05, 4.69) is 22.2 Å². The number of ether oxygens (including phenoxy) is 1. The highest BCUT2D eigenvalue weighted by Crippen LogP contribution is 2.32. The second-order valence-corrected chi connectivity index (χ2v) is 7.07. The summed E-state index contributed by atoms with van der Waals surface area (Å²) in [4.78, 5) is 18.8. The van der Waals surface area contributed by atoms with Gasteiger partial charge in [0.25, 0.3) is 5.91 Å². The van der Waals surface area contributed by atoms with Crippen molar-refractivity contribution in [2.45, 2.75) is 38.8 Å². The smallest absolute Gasteiger partial charge is 0.273 e. The van der Waals surface area contributed by atoms with Crippen molar-refractivity contribution in [3.63, 3.8) is 0 Å². The molecule has 3 heterocycles. The Bertz CT molecular complexity index is 710. The quantitative estimate of drug-likeness (QED) is 0.798. The van der Waals surface area contributed by atoms with Crippen molar-refractivity contribution >= 4 is 17.2 Å². The zero-order valence-electron chi connectivity index (χ0n) is 13.7. The van der Waals surface area contributed by atoms with Crippen molar-refractivity contribution in [3.05, 3.63) is 28.0 Å². The maximum Gasteiger partial charge on any atom is 0.273 e. The van der Waals surface area contributed by atoms with E-state index in [1.54, 1.807) is 10.9 Å². The number of carbonyl (C=O) groups is 1. The van der Waals surface area contributed by atoms with Gasteiger partial charge in [-0.15, -0.1) is 16.4 Å². The van der Waals surface area contributed by atoms with E-state index in [0.29, 0.717) is 24.8 Å². The number of hydrogen-bond acceptors (Lipinski definition) is 6. The SMILES string of the molecule is CCn1nnc2c1CCN(C(=O)c1cscn1)C2COCC1CC1. The molecule has 4 rings (SSSR count). The third-order valence-electron chi connectivity index (χ3n) is 4.69. The molecule has 1 saturated carbocycles. The van der Waals surface area contributed by atoms with Crippen molar-refractivity contribution in [2.75, 3.05) is 19.8 Å². The summed E-state index contributed by atoms with van der Waals surface area (Å²) < 4.78 is 7.83. The first kappa shape index (κ1) is 15.7. The van der Waals surface area contributed by atoms with Gasteiger partial charge in [-0.2, -0.15) is 0 Å². The Morgan fingerprint density at radius 2 is 2.29 bits per heavy atom. The highest BCUT2D eigenvalue weighted by Gasteiger charge is 2.36. The molecule has 0 spiro atoms. The van der Waals surface area contributed by atoms with Crippen LogP contribution >= 0.6 is 11.3 Å². The fourth-order valence-corrected chi connectivity index (χ4v) is 3.68. The average molecular weight is 347 g/mol. The predicted molar refractivity (Wildman–Crippen MR) is 88.8 cm³/mol. The molecule has 1 unspecified atom stereocenters. The molecule has 0 radical (unpaired) electrons. The monoisotopic (exact) mass is 347 g/mol. The van der Waals surface area contributed by atoms with Gasteiger partial charge in [0, 0.05) is 31.5 Å². The fourth-order valence-electron chi connectivity index (χ4n) is 3.15. The molecule has 0 N–H and O–H groups in total. The van der Waals surface area contributed by atoms with Crippen molar-refractivity contribution in [3.8, 4) is 0 Å². The number of aryl methyl sites for hydroxylation is 1. The predicted octanol–water partition coefficient (Wildman–Crippen LogP) is 1.92. The van der Waals surface area contributed by atoms with Gasteiger partial charge in [0.15, 0.2) is 0 Å². The number of rotatable bonds is 6. The summed E-state index contributed by atoms with van der Waals surface area (Å²) in [5, 5.41) is 10.4. The first-order valence-corrected chi connectivity index (χ1v) is 9.41. The summed E-state index contributed by atoms with van der Waals surface area (Å²) in [6.45, 7) is 4.74. The zero-order valence-corrected chi connectivity index (χ0v) is 14.5. The van der Waals surface area contributed by atoms with Crippen molar-refractivity contribution < 1.29 is 9.53 Å². The molecule has 2 aliphatic rings. The van der Waals surface area contributed by atoms with Crippen LogP contribution in [0.15, 0.2) is 10.9 Å². The minimum Gasteiger partial charge on any atom is -0.379 e. The topological polar surface area (TPSA) is 73.1 Å². The van der Waals surface area contributed by atoms with Crippen LogP contribution in [-0.2, 0) is 17.7 Å². The van der Waals surface area contributed by atoms with Gasteiger partial charge in [0.1, 0.15) is 17.4 Å². The molecule has 128 valence electrons. The van der Waals surface area contributed by atoms with Crippen LogP contribution in [0, 0.1) is 5.92 Å². The number of hydrogen-bond donors (Lipinski definition) is 0. The third-order valence-corrected chi connectivity index (χ3v) is 5.27.